The summed E-state index contributed by atoms with van der Waals surface area (Å²) in [7, 11) is 2.05. The van der Waals surface area contributed by atoms with Gasteiger partial charge in [0.05, 0.1) is 24.1 Å². The predicted octanol–water partition coefficient (Wildman–Crippen LogP) is -0.0703. The number of ether oxygens (including phenoxy) is 1. The zero-order valence-electron chi connectivity index (χ0n) is 11.7. The van der Waals surface area contributed by atoms with Gasteiger partial charge in [-0.2, -0.15) is 5.10 Å². The third-order valence-electron chi connectivity index (χ3n) is 3.87. The molecule has 2 aliphatic rings. The van der Waals surface area contributed by atoms with Crippen LogP contribution in [-0.4, -0.2) is 60.4 Å². The van der Waals surface area contributed by atoms with Crippen LogP contribution >= 0.6 is 0 Å². The van der Waals surface area contributed by atoms with Crippen molar-refractivity contribution in [1.29, 1.82) is 0 Å². The van der Waals surface area contributed by atoms with E-state index in [0.717, 1.165) is 31.6 Å². The van der Waals surface area contributed by atoms with E-state index in [9.17, 15) is 4.79 Å². The molecule has 0 spiro atoms. The molecule has 0 radical (unpaired) electrons. The summed E-state index contributed by atoms with van der Waals surface area (Å²) in [5.41, 5.74) is 7.68. The molecule has 2 fully saturated rings. The second-order valence-electron chi connectivity index (χ2n) is 5.64. The first-order valence-electron chi connectivity index (χ1n) is 7.07. The Labute approximate surface area is 117 Å². The number of anilines is 1. The number of aromatic amines is 1. The van der Waals surface area contributed by atoms with E-state index < -0.39 is 0 Å². The number of carbonyl (C=O) groups excluding carboxylic acids is 1. The summed E-state index contributed by atoms with van der Waals surface area (Å²) >= 11 is 0. The van der Waals surface area contributed by atoms with Crippen molar-refractivity contribution in [2.24, 2.45) is 0 Å². The second-order valence-corrected chi connectivity index (χ2v) is 5.64. The van der Waals surface area contributed by atoms with Gasteiger partial charge in [-0.25, -0.2) is 0 Å². The predicted molar refractivity (Wildman–Crippen MR) is 74.5 cm³/mol. The molecule has 110 valence electrons. The summed E-state index contributed by atoms with van der Waals surface area (Å²) in [6.07, 6.45) is 2.27. The van der Waals surface area contributed by atoms with Crippen LogP contribution in [-0.2, 0) is 4.74 Å². The molecular formula is C13H21N5O2. The Hall–Kier alpha value is -1.60. The number of nitrogens with one attached hydrogen (secondary N) is 2. The molecule has 1 aliphatic heterocycles. The van der Waals surface area contributed by atoms with Gasteiger partial charge in [-0.3, -0.25) is 9.89 Å². The van der Waals surface area contributed by atoms with Crippen molar-refractivity contribution in [3.05, 3.63) is 11.4 Å². The van der Waals surface area contributed by atoms with Crippen LogP contribution in [0, 0.1) is 0 Å². The van der Waals surface area contributed by atoms with Crippen molar-refractivity contribution in [3.8, 4) is 0 Å². The maximum atomic E-state index is 12.1. The fraction of sp³-hybridized carbons (Fsp3) is 0.692. The van der Waals surface area contributed by atoms with E-state index >= 15 is 0 Å². The van der Waals surface area contributed by atoms with Crippen molar-refractivity contribution in [2.75, 3.05) is 39.0 Å². The van der Waals surface area contributed by atoms with Crippen LogP contribution < -0.4 is 11.1 Å². The van der Waals surface area contributed by atoms with Crippen LogP contribution in [0.1, 0.15) is 34.9 Å². The number of rotatable bonds is 4. The maximum absolute atomic E-state index is 12.1. The lowest BCUT2D eigenvalue weighted by Crippen LogP contribution is -2.46. The fourth-order valence-electron chi connectivity index (χ4n) is 2.50. The Morgan fingerprint density at radius 2 is 2.40 bits per heavy atom. The monoisotopic (exact) mass is 279 g/mol. The van der Waals surface area contributed by atoms with Crippen molar-refractivity contribution in [1.82, 2.24) is 20.4 Å². The Morgan fingerprint density at radius 3 is 3.10 bits per heavy atom. The number of morpholine rings is 1. The number of H-pyrrole nitrogens is 1. The summed E-state index contributed by atoms with van der Waals surface area (Å²) in [5, 5.41) is 9.78. The molecule has 1 atom stereocenters. The SMILES string of the molecule is CN1CCOC(CNC(=O)c2n[nH]c(C3CC3)c2N)C1. The minimum Gasteiger partial charge on any atom is -0.395 e. The van der Waals surface area contributed by atoms with E-state index in [-0.39, 0.29) is 12.0 Å². The Morgan fingerprint density at radius 1 is 1.60 bits per heavy atom. The first-order valence-corrected chi connectivity index (χ1v) is 7.07. The average Bonchev–Trinajstić information content (AvgIpc) is 3.19. The average molecular weight is 279 g/mol. The lowest BCUT2D eigenvalue weighted by atomic mass is 10.2. The number of hydrogen-bond donors (Lipinski definition) is 3. The highest BCUT2D eigenvalue weighted by Gasteiger charge is 2.30. The van der Waals surface area contributed by atoms with Gasteiger partial charge in [0.25, 0.3) is 5.91 Å². The lowest BCUT2D eigenvalue weighted by Gasteiger charge is -2.29. The molecule has 1 aliphatic carbocycles. The minimum atomic E-state index is -0.234. The second kappa shape index (κ2) is 5.41. The fourth-order valence-corrected chi connectivity index (χ4v) is 2.50. The molecule has 7 nitrogen and oxygen atoms in total. The first kappa shape index (κ1) is 13.4. The molecule has 1 saturated carbocycles. The summed E-state index contributed by atoms with van der Waals surface area (Å²) in [6.45, 7) is 2.94. The number of carbonyl (C=O) groups is 1. The van der Waals surface area contributed by atoms with E-state index in [1.165, 1.54) is 0 Å². The Bertz CT molecular complexity index is 497. The van der Waals surface area contributed by atoms with Gasteiger partial charge in [0, 0.05) is 25.6 Å². The Kier molecular flexibility index (Phi) is 3.62. The van der Waals surface area contributed by atoms with E-state index in [0.29, 0.717) is 30.5 Å². The van der Waals surface area contributed by atoms with Crippen LogP contribution in [0.4, 0.5) is 5.69 Å². The molecule has 7 heteroatoms. The van der Waals surface area contributed by atoms with Gasteiger partial charge in [-0.05, 0) is 19.9 Å². The summed E-state index contributed by atoms with van der Waals surface area (Å²) in [5.74, 6) is 0.224. The maximum Gasteiger partial charge on any atom is 0.274 e. The van der Waals surface area contributed by atoms with Gasteiger partial charge in [0.1, 0.15) is 0 Å². The van der Waals surface area contributed by atoms with E-state index in [1.807, 2.05) is 7.05 Å². The highest BCUT2D eigenvalue weighted by molar-refractivity contribution is 5.97. The smallest absolute Gasteiger partial charge is 0.274 e. The van der Waals surface area contributed by atoms with Crippen LogP contribution in [0.2, 0.25) is 0 Å². The van der Waals surface area contributed by atoms with E-state index in [2.05, 4.69) is 20.4 Å². The number of aromatic nitrogens is 2. The van der Waals surface area contributed by atoms with Crippen LogP contribution in [0.3, 0.4) is 0 Å². The molecule has 4 N–H and O–H groups in total. The van der Waals surface area contributed by atoms with Gasteiger partial charge in [0.2, 0.25) is 0 Å². The van der Waals surface area contributed by atoms with Gasteiger partial charge in [-0.1, -0.05) is 0 Å². The van der Waals surface area contributed by atoms with Crippen LogP contribution in [0.5, 0.6) is 0 Å². The van der Waals surface area contributed by atoms with E-state index in [1.54, 1.807) is 0 Å². The standard InChI is InChI=1S/C13H21N5O2/c1-18-4-5-20-9(7-18)6-15-13(19)12-10(14)11(16-17-12)8-2-3-8/h8-9H,2-7,14H2,1H3,(H,15,19)(H,16,17). The highest BCUT2D eigenvalue weighted by atomic mass is 16.5. The zero-order valence-corrected chi connectivity index (χ0v) is 11.7. The third kappa shape index (κ3) is 2.78. The molecule has 1 aromatic heterocycles. The molecule has 1 unspecified atom stereocenters. The Balaban J connectivity index is 1.56. The summed E-state index contributed by atoms with van der Waals surface area (Å²) in [6, 6.07) is 0. The number of nitrogen functional groups attached to an aromatic ring is 1. The molecule has 20 heavy (non-hydrogen) atoms. The molecule has 1 amide bonds. The van der Waals surface area contributed by atoms with Gasteiger partial charge >= 0.3 is 0 Å². The number of nitrogens with two attached hydrogens (primary N) is 1. The molecular weight excluding hydrogens is 258 g/mol. The van der Waals surface area contributed by atoms with Crippen LogP contribution in [0.25, 0.3) is 0 Å². The first-order chi connectivity index (χ1) is 9.65. The van der Waals surface area contributed by atoms with E-state index in [4.69, 9.17) is 10.5 Å². The van der Waals surface area contributed by atoms with Gasteiger partial charge in [0.15, 0.2) is 5.69 Å². The van der Waals surface area contributed by atoms with Crippen molar-refractivity contribution < 1.29 is 9.53 Å². The third-order valence-corrected chi connectivity index (χ3v) is 3.87. The molecule has 3 rings (SSSR count). The molecule has 0 bridgehead atoms. The molecule has 1 saturated heterocycles. The topological polar surface area (TPSA) is 96.3 Å². The largest absolute Gasteiger partial charge is 0.395 e. The van der Waals surface area contributed by atoms with Crippen LogP contribution in [0.15, 0.2) is 0 Å². The number of hydrogen-bond acceptors (Lipinski definition) is 5. The number of amides is 1. The van der Waals surface area contributed by atoms with Crippen molar-refractivity contribution >= 4 is 11.6 Å². The molecule has 1 aromatic rings. The summed E-state index contributed by atoms with van der Waals surface area (Å²) < 4.78 is 5.60. The van der Waals surface area contributed by atoms with Gasteiger partial charge < -0.3 is 20.7 Å². The molecule has 0 aromatic carbocycles. The van der Waals surface area contributed by atoms with Crippen molar-refractivity contribution in [3.63, 3.8) is 0 Å². The number of likely N-dealkylation sites (N-methyl/N-ethyl adjacent to an activating group) is 1. The normalized spacial score (nSPS) is 23.8. The quantitative estimate of drug-likeness (QED) is 0.717. The summed E-state index contributed by atoms with van der Waals surface area (Å²) in [4.78, 5) is 14.3. The highest BCUT2D eigenvalue weighted by Crippen LogP contribution is 2.42. The lowest BCUT2D eigenvalue weighted by molar-refractivity contribution is -0.0175. The van der Waals surface area contributed by atoms with Gasteiger partial charge in [-0.15, -0.1) is 0 Å². The molecule has 2 heterocycles. The number of nitrogens with zero attached hydrogens (tertiary/aromatic N) is 2. The zero-order chi connectivity index (χ0) is 14.1. The van der Waals surface area contributed by atoms with Crippen molar-refractivity contribution in [2.45, 2.75) is 24.9 Å². The minimum absolute atomic E-state index is 0.0285.